The second kappa shape index (κ2) is 13.0. The fourth-order valence-corrected chi connectivity index (χ4v) is 3.73. The van der Waals surface area contributed by atoms with E-state index in [1.165, 1.54) is 4.88 Å². The Kier molecular flexibility index (Phi) is 11.4. The van der Waals surface area contributed by atoms with E-state index in [2.05, 4.69) is 38.0 Å². The van der Waals surface area contributed by atoms with E-state index in [0.717, 1.165) is 44.9 Å². The molecule has 0 aliphatic carbocycles. The third kappa shape index (κ3) is 8.34. The molecule has 28 heavy (non-hydrogen) atoms. The highest BCUT2D eigenvalue weighted by molar-refractivity contribution is 14.0. The molecular formula is C19H32IN5O2S. The second-order valence-electron chi connectivity index (χ2n) is 6.99. The van der Waals surface area contributed by atoms with Crippen molar-refractivity contribution in [2.24, 2.45) is 10.9 Å². The summed E-state index contributed by atoms with van der Waals surface area (Å²) in [6, 6.07) is 4.19. The molecule has 0 atom stereocenters. The molecule has 2 rings (SSSR count). The van der Waals surface area contributed by atoms with Crippen LogP contribution in [0.4, 0.5) is 0 Å². The lowest BCUT2D eigenvalue weighted by Gasteiger charge is -2.34. The minimum absolute atomic E-state index is 0. The first kappa shape index (κ1) is 24.7. The van der Waals surface area contributed by atoms with Gasteiger partial charge in [-0.15, -0.1) is 35.3 Å². The van der Waals surface area contributed by atoms with Gasteiger partial charge in [0.1, 0.15) is 6.54 Å². The van der Waals surface area contributed by atoms with Crippen LogP contribution in [0.25, 0.3) is 0 Å². The standard InChI is InChI=1S/C19H31N5O2S.HI/c1-20-17(25)13-15-7-10-24(11-8-15)19(22-14-18(26)23(2)3)21-9-6-16-5-4-12-27-16;/h4-5,12,15H,6-11,13-14H2,1-3H3,(H,20,25)(H,21,22);1H. The number of likely N-dealkylation sites (N-methyl/N-ethyl adjacent to an activating group) is 1. The zero-order chi connectivity index (χ0) is 19.6. The van der Waals surface area contributed by atoms with Crippen molar-refractivity contribution in [2.45, 2.75) is 25.7 Å². The van der Waals surface area contributed by atoms with Gasteiger partial charge in [-0.2, -0.15) is 0 Å². The Morgan fingerprint density at radius 1 is 1.32 bits per heavy atom. The predicted octanol–water partition coefficient (Wildman–Crippen LogP) is 1.79. The van der Waals surface area contributed by atoms with Crippen LogP contribution in [0.1, 0.15) is 24.1 Å². The Morgan fingerprint density at radius 2 is 2.04 bits per heavy atom. The number of rotatable bonds is 7. The lowest BCUT2D eigenvalue weighted by atomic mass is 9.93. The van der Waals surface area contributed by atoms with Crippen molar-refractivity contribution in [3.8, 4) is 0 Å². The van der Waals surface area contributed by atoms with E-state index < -0.39 is 0 Å². The van der Waals surface area contributed by atoms with Gasteiger partial charge in [-0.1, -0.05) is 6.07 Å². The number of nitrogens with zero attached hydrogens (tertiary/aromatic N) is 3. The molecule has 0 aromatic carbocycles. The van der Waals surface area contributed by atoms with Crippen LogP contribution in [0.5, 0.6) is 0 Å². The van der Waals surface area contributed by atoms with Crippen LogP contribution in [0.2, 0.25) is 0 Å². The summed E-state index contributed by atoms with van der Waals surface area (Å²) in [5, 5.41) is 8.20. The minimum Gasteiger partial charge on any atom is -0.359 e. The van der Waals surface area contributed by atoms with Crippen LogP contribution in [-0.2, 0) is 16.0 Å². The largest absolute Gasteiger partial charge is 0.359 e. The van der Waals surface area contributed by atoms with Gasteiger partial charge in [-0.3, -0.25) is 9.59 Å². The van der Waals surface area contributed by atoms with E-state index in [0.29, 0.717) is 12.3 Å². The third-order valence-electron chi connectivity index (χ3n) is 4.76. The number of carbonyl (C=O) groups is 2. The first-order valence-electron chi connectivity index (χ1n) is 9.46. The summed E-state index contributed by atoms with van der Waals surface area (Å²) < 4.78 is 0. The van der Waals surface area contributed by atoms with E-state index in [9.17, 15) is 9.59 Å². The zero-order valence-electron chi connectivity index (χ0n) is 16.9. The van der Waals surface area contributed by atoms with Crippen molar-refractivity contribution in [1.29, 1.82) is 0 Å². The van der Waals surface area contributed by atoms with Gasteiger partial charge in [-0.25, -0.2) is 4.99 Å². The Balaban J connectivity index is 0.00000392. The van der Waals surface area contributed by atoms with E-state index >= 15 is 0 Å². The van der Waals surface area contributed by atoms with Gasteiger partial charge < -0.3 is 20.4 Å². The maximum Gasteiger partial charge on any atom is 0.243 e. The fraction of sp³-hybridized carbons (Fsp3) is 0.632. The Morgan fingerprint density at radius 3 is 2.61 bits per heavy atom. The number of thiophene rings is 1. The molecule has 7 nitrogen and oxygen atoms in total. The van der Waals surface area contributed by atoms with Crippen molar-refractivity contribution in [1.82, 2.24) is 20.4 Å². The molecule has 2 N–H and O–H groups in total. The molecule has 1 aliphatic rings. The summed E-state index contributed by atoms with van der Waals surface area (Å²) in [6.45, 7) is 2.63. The lowest BCUT2D eigenvalue weighted by molar-refractivity contribution is -0.127. The third-order valence-corrected chi connectivity index (χ3v) is 5.70. The van der Waals surface area contributed by atoms with Crippen LogP contribution in [0.15, 0.2) is 22.5 Å². The number of nitrogens with one attached hydrogen (secondary N) is 2. The van der Waals surface area contributed by atoms with Crippen molar-refractivity contribution in [2.75, 3.05) is 47.3 Å². The van der Waals surface area contributed by atoms with Crippen LogP contribution in [0.3, 0.4) is 0 Å². The topological polar surface area (TPSA) is 77.0 Å². The number of amides is 2. The van der Waals surface area contributed by atoms with E-state index in [4.69, 9.17) is 0 Å². The number of hydrogen-bond acceptors (Lipinski definition) is 4. The molecule has 1 fully saturated rings. The number of likely N-dealkylation sites (tertiary alicyclic amines) is 1. The average Bonchev–Trinajstić information content (AvgIpc) is 3.18. The minimum atomic E-state index is -0.0120. The maximum absolute atomic E-state index is 11.9. The number of guanidine groups is 1. The van der Waals surface area contributed by atoms with E-state index in [-0.39, 0.29) is 42.3 Å². The predicted molar refractivity (Wildman–Crippen MR) is 125 cm³/mol. The molecule has 2 amide bonds. The van der Waals surface area contributed by atoms with Crippen LogP contribution in [-0.4, -0.2) is 74.9 Å². The van der Waals surface area contributed by atoms with Crippen LogP contribution < -0.4 is 10.6 Å². The van der Waals surface area contributed by atoms with Gasteiger partial charge in [0.05, 0.1) is 0 Å². The molecule has 0 bridgehead atoms. The number of aliphatic imine (C=N–C) groups is 1. The molecule has 0 spiro atoms. The molecular weight excluding hydrogens is 489 g/mol. The highest BCUT2D eigenvalue weighted by Gasteiger charge is 2.23. The molecule has 1 aromatic rings. The lowest BCUT2D eigenvalue weighted by Crippen LogP contribution is -2.47. The van der Waals surface area contributed by atoms with E-state index in [1.807, 2.05) is 0 Å². The first-order chi connectivity index (χ1) is 13.0. The van der Waals surface area contributed by atoms with Crippen LogP contribution >= 0.6 is 35.3 Å². The summed E-state index contributed by atoms with van der Waals surface area (Å²) in [4.78, 5) is 33.2. The molecule has 1 saturated heterocycles. The summed E-state index contributed by atoms with van der Waals surface area (Å²) >= 11 is 1.75. The van der Waals surface area contributed by atoms with Crippen molar-refractivity contribution in [3.05, 3.63) is 22.4 Å². The SMILES string of the molecule is CNC(=O)CC1CCN(C(=NCC(=O)N(C)C)NCCc2cccs2)CC1.I. The van der Waals surface area contributed by atoms with Crippen LogP contribution in [0, 0.1) is 5.92 Å². The van der Waals surface area contributed by atoms with Gasteiger partial charge in [0.25, 0.3) is 0 Å². The Bertz CT molecular complexity index is 628. The number of carbonyl (C=O) groups excluding carboxylic acids is 2. The fourth-order valence-electron chi connectivity index (χ4n) is 3.02. The molecule has 1 aromatic heterocycles. The summed E-state index contributed by atoms with van der Waals surface area (Å²) in [6.07, 6.45) is 3.44. The molecule has 1 aliphatic heterocycles. The smallest absolute Gasteiger partial charge is 0.243 e. The summed E-state index contributed by atoms with van der Waals surface area (Å²) in [5.41, 5.74) is 0. The van der Waals surface area contributed by atoms with Gasteiger partial charge in [-0.05, 0) is 36.6 Å². The van der Waals surface area contributed by atoms with Crippen molar-refractivity contribution < 1.29 is 9.59 Å². The normalized spacial score (nSPS) is 15.0. The van der Waals surface area contributed by atoms with Crippen molar-refractivity contribution >= 4 is 53.1 Å². The van der Waals surface area contributed by atoms with Crippen molar-refractivity contribution in [3.63, 3.8) is 0 Å². The van der Waals surface area contributed by atoms with Gasteiger partial charge in [0.15, 0.2) is 5.96 Å². The first-order valence-corrected chi connectivity index (χ1v) is 10.3. The zero-order valence-corrected chi connectivity index (χ0v) is 20.1. The van der Waals surface area contributed by atoms with Gasteiger partial charge in [0, 0.05) is 52.1 Å². The number of halogens is 1. The monoisotopic (exact) mass is 521 g/mol. The highest BCUT2D eigenvalue weighted by atomic mass is 127. The van der Waals surface area contributed by atoms with Gasteiger partial charge >= 0.3 is 0 Å². The van der Waals surface area contributed by atoms with Gasteiger partial charge in [0.2, 0.25) is 11.8 Å². The number of hydrogen-bond donors (Lipinski definition) is 2. The molecule has 0 radical (unpaired) electrons. The molecule has 0 unspecified atom stereocenters. The Labute approximate surface area is 189 Å². The highest BCUT2D eigenvalue weighted by Crippen LogP contribution is 2.20. The van der Waals surface area contributed by atoms with E-state index in [1.54, 1.807) is 37.4 Å². The summed E-state index contributed by atoms with van der Waals surface area (Å²) in [5.74, 6) is 1.30. The quantitative estimate of drug-likeness (QED) is 0.326. The Hall–Kier alpha value is -1.36. The second-order valence-corrected chi connectivity index (χ2v) is 8.02. The molecule has 9 heteroatoms. The maximum atomic E-state index is 11.9. The molecule has 0 saturated carbocycles. The average molecular weight is 521 g/mol. The summed E-state index contributed by atoms with van der Waals surface area (Å²) in [7, 11) is 5.17. The number of piperidine rings is 1. The molecule has 158 valence electrons. The molecule has 2 heterocycles.